The van der Waals surface area contributed by atoms with Crippen molar-refractivity contribution in [1.29, 1.82) is 0 Å². The van der Waals surface area contributed by atoms with Gasteiger partial charge in [0.1, 0.15) is 12.6 Å². The molecule has 3 aromatic rings. The van der Waals surface area contributed by atoms with Gasteiger partial charge in [-0.15, -0.1) is 0 Å². The van der Waals surface area contributed by atoms with Gasteiger partial charge in [-0.3, -0.25) is 13.9 Å². The molecule has 0 unspecified atom stereocenters. The molecule has 220 valence electrons. The van der Waals surface area contributed by atoms with Crippen molar-refractivity contribution in [3.63, 3.8) is 0 Å². The Morgan fingerprint density at radius 2 is 1.54 bits per heavy atom. The van der Waals surface area contributed by atoms with Crippen molar-refractivity contribution < 1.29 is 18.0 Å². The summed E-state index contributed by atoms with van der Waals surface area (Å²) in [5.74, 6) is -0.758. The van der Waals surface area contributed by atoms with Crippen molar-refractivity contribution in [3.8, 4) is 0 Å². The van der Waals surface area contributed by atoms with E-state index in [-0.39, 0.29) is 23.4 Å². The molecular formula is C32H40ClN3O4S. The van der Waals surface area contributed by atoms with E-state index in [0.29, 0.717) is 17.1 Å². The molecule has 1 N–H and O–H groups in total. The number of benzene rings is 3. The lowest BCUT2D eigenvalue weighted by atomic mass is 10.1. The summed E-state index contributed by atoms with van der Waals surface area (Å²) in [6.07, 6.45) is 1.10. The van der Waals surface area contributed by atoms with Crippen molar-refractivity contribution in [2.24, 2.45) is 0 Å². The number of rotatable bonds is 12. The first kappa shape index (κ1) is 32.2. The molecule has 41 heavy (non-hydrogen) atoms. The van der Waals surface area contributed by atoms with Crippen LogP contribution in [-0.4, -0.2) is 43.8 Å². The fourth-order valence-electron chi connectivity index (χ4n) is 4.50. The van der Waals surface area contributed by atoms with Gasteiger partial charge in [-0.2, -0.15) is 0 Å². The third kappa shape index (κ3) is 7.89. The molecule has 0 aliphatic heterocycles. The number of carbonyl (C=O) groups is 2. The molecule has 2 amide bonds. The zero-order valence-electron chi connectivity index (χ0n) is 24.6. The highest BCUT2D eigenvalue weighted by Crippen LogP contribution is 2.29. The van der Waals surface area contributed by atoms with E-state index in [1.807, 2.05) is 47.6 Å². The van der Waals surface area contributed by atoms with Crippen molar-refractivity contribution in [2.45, 2.75) is 77.9 Å². The van der Waals surface area contributed by atoms with Crippen LogP contribution in [-0.2, 0) is 26.2 Å². The normalized spacial score (nSPS) is 12.9. The third-order valence-corrected chi connectivity index (χ3v) is 9.41. The van der Waals surface area contributed by atoms with Crippen LogP contribution in [0.2, 0.25) is 5.02 Å². The first-order valence-corrected chi connectivity index (χ1v) is 15.7. The van der Waals surface area contributed by atoms with E-state index >= 15 is 0 Å². The average Bonchev–Trinajstić information content (AvgIpc) is 2.94. The summed E-state index contributed by atoms with van der Waals surface area (Å²) in [6.45, 7) is 11.0. The molecule has 2 atom stereocenters. The lowest BCUT2D eigenvalue weighted by Crippen LogP contribution is -2.53. The Kier molecular flexibility index (Phi) is 11.0. The summed E-state index contributed by atoms with van der Waals surface area (Å²) >= 11 is 6.09. The van der Waals surface area contributed by atoms with Gasteiger partial charge >= 0.3 is 0 Å². The predicted octanol–water partition coefficient (Wildman–Crippen LogP) is 6.18. The summed E-state index contributed by atoms with van der Waals surface area (Å²) < 4.78 is 29.3. The van der Waals surface area contributed by atoms with Crippen molar-refractivity contribution in [3.05, 3.63) is 94.0 Å². The molecule has 0 saturated carbocycles. The lowest BCUT2D eigenvalue weighted by Gasteiger charge is -2.34. The molecule has 0 aliphatic carbocycles. The number of nitrogens with zero attached hydrogens (tertiary/aromatic N) is 2. The zero-order valence-corrected chi connectivity index (χ0v) is 26.2. The number of hydrogen-bond donors (Lipinski definition) is 1. The van der Waals surface area contributed by atoms with E-state index in [4.69, 9.17) is 11.6 Å². The largest absolute Gasteiger partial charge is 0.352 e. The predicted molar refractivity (Wildman–Crippen MR) is 166 cm³/mol. The van der Waals surface area contributed by atoms with Crippen molar-refractivity contribution in [1.82, 2.24) is 10.2 Å². The van der Waals surface area contributed by atoms with Gasteiger partial charge in [-0.05, 0) is 87.6 Å². The molecule has 3 rings (SSSR count). The van der Waals surface area contributed by atoms with Gasteiger partial charge in [-0.1, -0.05) is 67.4 Å². The van der Waals surface area contributed by atoms with Gasteiger partial charge in [0.05, 0.1) is 10.6 Å². The van der Waals surface area contributed by atoms with Gasteiger partial charge in [0, 0.05) is 17.6 Å². The van der Waals surface area contributed by atoms with Crippen LogP contribution in [0.5, 0.6) is 0 Å². The average molecular weight is 598 g/mol. The second-order valence-electron chi connectivity index (χ2n) is 10.4. The van der Waals surface area contributed by atoms with E-state index in [9.17, 15) is 18.0 Å². The molecule has 0 saturated heterocycles. The number of amides is 2. The van der Waals surface area contributed by atoms with Crippen molar-refractivity contribution >= 4 is 39.1 Å². The Bertz CT molecular complexity index is 1460. The minimum Gasteiger partial charge on any atom is -0.352 e. The lowest BCUT2D eigenvalue weighted by molar-refractivity contribution is -0.140. The Hall–Kier alpha value is -3.36. The maximum absolute atomic E-state index is 14.2. The molecule has 0 aromatic heterocycles. The maximum atomic E-state index is 14.2. The minimum atomic E-state index is -4.12. The number of hydrogen-bond acceptors (Lipinski definition) is 4. The molecule has 0 radical (unpaired) electrons. The summed E-state index contributed by atoms with van der Waals surface area (Å²) in [5, 5.41) is 3.54. The zero-order chi connectivity index (χ0) is 30.3. The standard InChI is InChI=1S/C32H40ClN3O4S/c1-7-24(5)34-32(38)29(8-2)35(20-26-14-16-27(33)17-15-26)31(37)21-36(30-11-9-10-23(4)25(30)6)41(39,40)28-18-12-22(3)13-19-28/h9-19,24,29H,7-8,20-21H2,1-6H3,(H,34,38)/t24-,29-/m1/s1. The van der Waals surface area contributed by atoms with E-state index in [1.54, 1.807) is 60.7 Å². The SMILES string of the molecule is CC[C@@H](C)NC(=O)[C@@H](CC)N(Cc1ccc(Cl)cc1)C(=O)CN(c1cccc(C)c1C)S(=O)(=O)c1ccc(C)cc1. The van der Waals surface area contributed by atoms with Gasteiger partial charge in [0.25, 0.3) is 10.0 Å². The Labute approximate surface area is 249 Å². The van der Waals surface area contributed by atoms with Gasteiger partial charge in [-0.25, -0.2) is 8.42 Å². The van der Waals surface area contributed by atoms with Gasteiger partial charge in [0.2, 0.25) is 11.8 Å². The number of nitrogens with one attached hydrogen (secondary N) is 1. The molecule has 7 nitrogen and oxygen atoms in total. The first-order chi connectivity index (χ1) is 19.4. The third-order valence-electron chi connectivity index (χ3n) is 7.39. The van der Waals surface area contributed by atoms with E-state index in [0.717, 1.165) is 33.0 Å². The summed E-state index contributed by atoms with van der Waals surface area (Å²) in [7, 11) is -4.12. The second kappa shape index (κ2) is 14.0. The highest BCUT2D eigenvalue weighted by atomic mass is 35.5. The number of aryl methyl sites for hydroxylation is 2. The molecule has 0 aliphatic rings. The molecule has 0 spiro atoms. The Morgan fingerprint density at radius 3 is 2.12 bits per heavy atom. The number of sulfonamides is 1. The molecular weight excluding hydrogens is 558 g/mol. The molecule has 0 heterocycles. The highest BCUT2D eigenvalue weighted by molar-refractivity contribution is 7.92. The smallest absolute Gasteiger partial charge is 0.264 e. The van der Waals surface area contributed by atoms with Crippen LogP contribution in [0.4, 0.5) is 5.69 Å². The van der Waals surface area contributed by atoms with Crippen LogP contribution in [0, 0.1) is 20.8 Å². The number of carbonyl (C=O) groups excluding carboxylic acids is 2. The molecule has 9 heteroatoms. The monoisotopic (exact) mass is 597 g/mol. The van der Waals surface area contributed by atoms with Crippen LogP contribution < -0.4 is 9.62 Å². The number of halogens is 1. The fourth-order valence-corrected chi connectivity index (χ4v) is 6.10. The maximum Gasteiger partial charge on any atom is 0.264 e. The van der Waals surface area contributed by atoms with Crippen LogP contribution in [0.25, 0.3) is 0 Å². The second-order valence-corrected chi connectivity index (χ2v) is 12.7. The number of anilines is 1. The van der Waals surface area contributed by atoms with Crippen LogP contribution >= 0.6 is 11.6 Å². The van der Waals surface area contributed by atoms with Gasteiger partial charge in [0.15, 0.2) is 0 Å². The Balaban J connectivity index is 2.10. The van der Waals surface area contributed by atoms with Crippen LogP contribution in [0.3, 0.4) is 0 Å². The van der Waals surface area contributed by atoms with E-state index < -0.39 is 28.5 Å². The summed E-state index contributed by atoms with van der Waals surface area (Å²) in [6, 6.07) is 18.1. The van der Waals surface area contributed by atoms with E-state index in [2.05, 4.69) is 5.32 Å². The van der Waals surface area contributed by atoms with Crippen molar-refractivity contribution in [2.75, 3.05) is 10.8 Å². The summed E-state index contributed by atoms with van der Waals surface area (Å²) in [4.78, 5) is 29.1. The first-order valence-electron chi connectivity index (χ1n) is 13.9. The fraction of sp³-hybridized carbons (Fsp3) is 0.375. The highest BCUT2D eigenvalue weighted by Gasteiger charge is 2.34. The summed E-state index contributed by atoms with van der Waals surface area (Å²) in [5.41, 5.74) is 3.77. The molecule has 0 bridgehead atoms. The minimum absolute atomic E-state index is 0.0719. The Morgan fingerprint density at radius 1 is 0.902 bits per heavy atom. The van der Waals surface area contributed by atoms with E-state index in [1.165, 1.54) is 4.90 Å². The quantitative estimate of drug-likeness (QED) is 0.270. The molecule has 0 fully saturated rings. The van der Waals surface area contributed by atoms with Gasteiger partial charge < -0.3 is 10.2 Å². The topological polar surface area (TPSA) is 86.8 Å². The van der Waals surface area contributed by atoms with Crippen LogP contribution in [0.1, 0.15) is 55.9 Å². The van der Waals surface area contributed by atoms with Crippen LogP contribution in [0.15, 0.2) is 71.6 Å². The molecule has 3 aromatic carbocycles.